The van der Waals surface area contributed by atoms with Crippen LogP contribution >= 0.6 is 0 Å². The van der Waals surface area contributed by atoms with Gasteiger partial charge in [-0.3, -0.25) is 4.79 Å². The Hall–Kier alpha value is -3.55. The molecule has 0 radical (unpaired) electrons. The summed E-state index contributed by atoms with van der Waals surface area (Å²) in [5.74, 6) is -0.0346. The van der Waals surface area contributed by atoms with Crippen LogP contribution in [0.4, 0.5) is 10.5 Å². The number of carbonyl (C=O) groups excluding carboxylic acids is 2. The molecular weight excluding hydrogens is 382 g/mol. The summed E-state index contributed by atoms with van der Waals surface area (Å²) in [6.45, 7) is 5.15. The van der Waals surface area contributed by atoms with Crippen LogP contribution in [0.25, 0.3) is 5.69 Å². The lowest BCUT2D eigenvalue weighted by Crippen LogP contribution is -2.47. The highest BCUT2D eigenvalue weighted by atomic mass is 16.3. The van der Waals surface area contributed by atoms with Crippen LogP contribution in [-0.2, 0) is 0 Å². The Balaban J connectivity index is 1.31. The summed E-state index contributed by atoms with van der Waals surface area (Å²) in [6.07, 6.45) is 4.38. The van der Waals surface area contributed by atoms with Crippen LogP contribution in [0.1, 0.15) is 34.6 Å². The average Bonchev–Trinajstić information content (AvgIpc) is 3.38. The highest BCUT2D eigenvalue weighted by molar-refractivity contribution is 5.94. The van der Waals surface area contributed by atoms with E-state index < -0.39 is 0 Å². The van der Waals surface area contributed by atoms with Crippen molar-refractivity contribution in [3.05, 3.63) is 65.9 Å². The summed E-state index contributed by atoms with van der Waals surface area (Å²) in [4.78, 5) is 26.6. The van der Waals surface area contributed by atoms with Crippen molar-refractivity contribution in [3.8, 4) is 5.69 Å². The molecule has 2 N–H and O–H groups in total. The number of urea groups is 1. The Morgan fingerprint density at radius 1 is 1.13 bits per heavy atom. The summed E-state index contributed by atoms with van der Waals surface area (Å²) in [5, 5.41) is 10.4. The number of amides is 3. The van der Waals surface area contributed by atoms with Crippen LogP contribution in [0.5, 0.6) is 0 Å². The van der Waals surface area contributed by atoms with Crippen molar-refractivity contribution in [1.82, 2.24) is 20.0 Å². The number of benzene rings is 1. The number of hydrogen-bond donors (Lipinski definition) is 2. The van der Waals surface area contributed by atoms with Crippen LogP contribution in [0.2, 0.25) is 0 Å². The summed E-state index contributed by atoms with van der Waals surface area (Å²) < 4.78 is 6.84. The van der Waals surface area contributed by atoms with Crippen LogP contribution in [0, 0.1) is 13.8 Å². The first-order valence-corrected chi connectivity index (χ1v) is 10.0. The highest BCUT2D eigenvalue weighted by Gasteiger charge is 2.25. The van der Waals surface area contributed by atoms with Gasteiger partial charge in [0.25, 0.3) is 5.91 Å². The molecular formula is C22H25N5O3. The Bertz CT molecular complexity index is 1030. The Morgan fingerprint density at radius 3 is 2.60 bits per heavy atom. The fourth-order valence-corrected chi connectivity index (χ4v) is 3.75. The first-order chi connectivity index (χ1) is 14.5. The zero-order chi connectivity index (χ0) is 21.1. The van der Waals surface area contributed by atoms with E-state index in [0.717, 1.165) is 17.1 Å². The number of aromatic nitrogens is 2. The smallest absolute Gasteiger partial charge is 0.319 e. The summed E-state index contributed by atoms with van der Waals surface area (Å²) >= 11 is 0. The van der Waals surface area contributed by atoms with Crippen molar-refractivity contribution in [2.45, 2.75) is 32.7 Å². The quantitative estimate of drug-likeness (QED) is 0.692. The number of carbonyl (C=O) groups is 2. The maximum Gasteiger partial charge on any atom is 0.319 e. The predicted octanol–water partition coefficient (Wildman–Crippen LogP) is 3.51. The molecule has 0 bridgehead atoms. The van der Waals surface area contributed by atoms with Gasteiger partial charge in [-0.25, -0.2) is 9.48 Å². The molecule has 4 rings (SSSR count). The summed E-state index contributed by atoms with van der Waals surface area (Å²) in [6, 6.07) is 11.0. The number of rotatable bonds is 4. The van der Waals surface area contributed by atoms with Gasteiger partial charge in [-0.15, -0.1) is 0 Å². The van der Waals surface area contributed by atoms with E-state index in [1.807, 2.05) is 48.9 Å². The minimum Gasteiger partial charge on any atom is -0.472 e. The second kappa shape index (κ2) is 8.44. The third-order valence-corrected chi connectivity index (χ3v) is 5.24. The van der Waals surface area contributed by atoms with Crippen molar-refractivity contribution in [3.63, 3.8) is 0 Å². The second-order valence-electron chi connectivity index (χ2n) is 7.57. The number of nitrogens with one attached hydrogen (secondary N) is 2. The molecule has 0 aliphatic carbocycles. The number of furan rings is 1. The lowest BCUT2D eigenvalue weighted by atomic mass is 10.0. The van der Waals surface area contributed by atoms with E-state index in [1.165, 1.54) is 12.5 Å². The Morgan fingerprint density at radius 2 is 1.93 bits per heavy atom. The van der Waals surface area contributed by atoms with E-state index in [2.05, 4.69) is 15.7 Å². The minimum absolute atomic E-state index is 0.0255. The number of piperidine rings is 1. The third-order valence-electron chi connectivity index (χ3n) is 5.24. The maximum atomic E-state index is 12.5. The molecule has 1 aliphatic rings. The highest BCUT2D eigenvalue weighted by Crippen LogP contribution is 2.18. The molecule has 0 saturated carbocycles. The monoisotopic (exact) mass is 407 g/mol. The molecule has 0 spiro atoms. The maximum absolute atomic E-state index is 12.5. The van der Waals surface area contributed by atoms with Gasteiger partial charge < -0.3 is 20.0 Å². The molecule has 1 saturated heterocycles. The van der Waals surface area contributed by atoms with Crippen LogP contribution in [0.15, 0.2) is 53.3 Å². The molecule has 30 heavy (non-hydrogen) atoms. The molecule has 8 nitrogen and oxygen atoms in total. The largest absolute Gasteiger partial charge is 0.472 e. The van der Waals surface area contributed by atoms with Crippen LogP contribution in [0.3, 0.4) is 0 Å². The van der Waals surface area contributed by atoms with Crippen molar-refractivity contribution in [2.24, 2.45) is 0 Å². The van der Waals surface area contributed by atoms with E-state index in [-0.39, 0.29) is 18.0 Å². The van der Waals surface area contributed by atoms with Gasteiger partial charge in [0.15, 0.2) is 0 Å². The van der Waals surface area contributed by atoms with Gasteiger partial charge in [0, 0.05) is 30.5 Å². The predicted molar refractivity (Wildman–Crippen MR) is 113 cm³/mol. The fourth-order valence-electron chi connectivity index (χ4n) is 3.75. The lowest BCUT2D eigenvalue weighted by molar-refractivity contribution is 0.0708. The number of likely N-dealkylation sites (tertiary alicyclic amines) is 1. The number of aryl methyl sites for hydroxylation is 2. The van der Waals surface area contributed by atoms with Gasteiger partial charge in [-0.1, -0.05) is 6.07 Å². The summed E-state index contributed by atoms with van der Waals surface area (Å²) in [5.41, 5.74) is 4.13. The topological polar surface area (TPSA) is 92.4 Å². The van der Waals surface area contributed by atoms with Gasteiger partial charge >= 0.3 is 6.03 Å². The van der Waals surface area contributed by atoms with E-state index >= 15 is 0 Å². The van der Waals surface area contributed by atoms with Gasteiger partial charge in [-0.05, 0) is 57.0 Å². The molecule has 1 aromatic carbocycles. The Labute approximate surface area is 174 Å². The van der Waals surface area contributed by atoms with Crippen LogP contribution in [-0.4, -0.2) is 45.8 Å². The standard InChI is InChI=1S/C22H25N5O3/c1-15-12-16(2)27(25-15)20-5-3-4-19(13-20)24-22(29)23-18-6-9-26(10-7-18)21(28)17-8-11-30-14-17/h3-5,8,11-14,18H,6-7,9-10H2,1-2H3,(H2,23,24,29). The molecule has 1 aliphatic heterocycles. The van der Waals surface area contributed by atoms with E-state index in [1.54, 1.807) is 11.0 Å². The zero-order valence-electron chi connectivity index (χ0n) is 17.1. The minimum atomic E-state index is -0.250. The van der Waals surface area contributed by atoms with Crippen molar-refractivity contribution in [1.29, 1.82) is 0 Å². The van der Waals surface area contributed by atoms with E-state index in [4.69, 9.17) is 4.42 Å². The zero-order valence-corrected chi connectivity index (χ0v) is 17.1. The molecule has 0 atom stereocenters. The van der Waals surface area contributed by atoms with Crippen molar-refractivity contribution >= 4 is 17.6 Å². The van der Waals surface area contributed by atoms with E-state index in [0.29, 0.717) is 37.2 Å². The first kappa shape index (κ1) is 19.8. The van der Waals surface area contributed by atoms with Gasteiger partial charge in [-0.2, -0.15) is 5.10 Å². The second-order valence-corrected chi connectivity index (χ2v) is 7.57. The number of hydrogen-bond acceptors (Lipinski definition) is 4. The molecule has 1 fully saturated rings. The number of anilines is 1. The van der Waals surface area contributed by atoms with E-state index in [9.17, 15) is 9.59 Å². The molecule has 156 valence electrons. The first-order valence-electron chi connectivity index (χ1n) is 10.0. The molecule has 0 unspecified atom stereocenters. The SMILES string of the molecule is Cc1cc(C)n(-c2cccc(NC(=O)NC3CCN(C(=O)c4ccoc4)CC3)c2)n1. The van der Waals surface area contributed by atoms with Gasteiger partial charge in [0.05, 0.1) is 23.2 Å². The molecule has 8 heteroatoms. The van der Waals surface area contributed by atoms with Crippen molar-refractivity contribution in [2.75, 3.05) is 18.4 Å². The van der Waals surface area contributed by atoms with Gasteiger partial charge in [0.1, 0.15) is 6.26 Å². The molecule has 2 aromatic heterocycles. The van der Waals surface area contributed by atoms with Crippen LogP contribution < -0.4 is 10.6 Å². The Kier molecular flexibility index (Phi) is 5.56. The third kappa shape index (κ3) is 4.37. The average molecular weight is 407 g/mol. The lowest BCUT2D eigenvalue weighted by Gasteiger charge is -2.32. The van der Waals surface area contributed by atoms with Crippen molar-refractivity contribution < 1.29 is 14.0 Å². The fraction of sp³-hybridized carbons (Fsp3) is 0.318. The molecule has 3 heterocycles. The number of nitrogens with zero attached hydrogens (tertiary/aromatic N) is 3. The summed E-state index contributed by atoms with van der Waals surface area (Å²) in [7, 11) is 0. The van der Waals surface area contributed by atoms with Gasteiger partial charge in [0.2, 0.25) is 0 Å². The normalized spacial score (nSPS) is 14.5. The molecule has 3 aromatic rings. The molecule has 3 amide bonds.